The molecule has 7 heteroatoms. The summed E-state index contributed by atoms with van der Waals surface area (Å²) in [5.41, 5.74) is 3.21. The molecule has 2 N–H and O–H groups in total. The van der Waals surface area contributed by atoms with Gasteiger partial charge in [-0.15, -0.1) is 0 Å². The number of ether oxygens (including phenoxy) is 3. The molecule has 0 radical (unpaired) electrons. The maximum Gasteiger partial charge on any atom is 0.335 e. The highest BCUT2D eigenvalue weighted by molar-refractivity contribution is 5.78. The fourth-order valence-corrected chi connectivity index (χ4v) is 5.38. The molecule has 2 atom stereocenters. The predicted octanol–water partition coefficient (Wildman–Crippen LogP) is 7.95. The zero-order valence-corrected chi connectivity index (χ0v) is 30.2. The number of esters is 2. The first-order valence-corrected chi connectivity index (χ1v) is 16.1. The zero-order chi connectivity index (χ0) is 34.7. The van der Waals surface area contributed by atoms with Crippen molar-refractivity contribution in [2.24, 2.45) is 0 Å². The molecule has 0 spiro atoms. The van der Waals surface area contributed by atoms with Gasteiger partial charge in [-0.25, -0.2) is 9.59 Å². The van der Waals surface area contributed by atoms with Gasteiger partial charge in [0, 0.05) is 12.8 Å². The lowest BCUT2D eigenvalue weighted by molar-refractivity contribution is -0.171. The van der Waals surface area contributed by atoms with Gasteiger partial charge in [-0.05, 0) is 68.9 Å². The molecule has 0 aliphatic heterocycles. The zero-order valence-electron chi connectivity index (χ0n) is 30.2. The Morgan fingerprint density at radius 1 is 0.556 bits per heavy atom. The summed E-state index contributed by atoms with van der Waals surface area (Å²) < 4.78 is 17.2. The summed E-state index contributed by atoms with van der Waals surface area (Å²) in [6.45, 7) is 28.1. The van der Waals surface area contributed by atoms with Crippen LogP contribution in [-0.2, 0) is 58.3 Å². The first kappa shape index (κ1) is 38.1. The summed E-state index contributed by atoms with van der Waals surface area (Å²) in [7, 11) is 0. The minimum Gasteiger partial charge on any atom is -0.507 e. The average molecular weight is 627 g/mol. The van der Waals surface area contributed by atoms with Crippen LogP contribution in [0.15, 0.2) is 24.3 Å². The minimum absolute atomic E-state index is 0.136. The molecule has 0 aromatic heterocycles. The highest BCUT2D eigenvalue weighted by Gasteiger charge is 2.34. The van der Waals surface area contributed by atoms with E-state index in [1.807, 2.05) is 107 Å². The van der Waals surface area contributed by atoms with Crippen LogP contribution in [0, 0.1) is 0 Å². The summed E-state index contributed by atoms with van der Waals surface area (Å²) in [6, 6.07) is 7.63. The molecule has 0 saturated carbocycles. The Bertz CT molecular complexity index is 1170. The Kier molecular flexibility index (Phi) is 12.0. The molecule has 2 rings (SSSR count). The molecular formula is C38H58O7. The Morgan fingerprint density at radius 2 is 0.800 bits per heavy atom. The van der Waals surface area contributed by atoms with Crippen molar-refractivity contribution in [3.63, 3.8) is 0 Å². The van der Waals surface area contributed by atoms with Crippen molar-refractivity contribution >= 4 is 11.9 Å². The number of hydrogen-bond donors (Lipinski definition) is 2. The Hall–Kier alpha value is -3.06. The van der Waals surface area contributed by atoms with Gasteiger partial charge in [0.05, 0.1) is 13.2 Å². The lowest BCUT2D eigenvalue weighted by atomic mass is 9.78. The van der Waals surface area contributed by atoms with Crippen LogP contribution >= 0.6 is 0 Å². The van der Waals surface area contributed by atoms with Crippen LogP contribution in [0.2, 0.25) is 0 Å². The number of benzene rings is 2. The third-order valence-corrected chi connectivity index (χ3v) is 7.84. The number of phenolic OH excluding ortho intramolecular Hbond substituents is 2. The summed E-state index contributed by atoms with van der Waals surface area (Å²) in [5.74, 6) is -0.668. The van der Waals surface area contributed by atoms with E-state index in [0.717, 1.165) is 33.4 Å². The largest absolute Gasteiger partial charge is 0.507 e. The second-order valence-electron chi connectivity index (χ2n) is 16.1. The van der Waals surface area contributed by atoms with Crippen LogP contribution < -0.4 is 0 Å². The van der Waals surface area contributed by atoms with Gasteiger partial charge in [0.25, 0.3) is 0 Å². The molecule has 2 aromatic rings. The van der Waals surface area contributed by atoms with Crippen molar-refractivity contribution in [1.82, 2.24) is 0 Å². The van der Waals surface area contributed by atoms with Crippen molar-refractivity contribution < 1.29 is 34.0 Å². The number of aromatic hydroxyl groups is 2. The highest BCUT2D eigenvalue weighted by atomic mass is 16.6. The number of phenols is 2. The second-order valence-corrected chi connectivity index (χ2v) is 16.1. The summed E-state index contributed by atoms with van der Waals surface area (Å²) in [6.07, 6.45) is -1.94. The van der Waals surface area contributed by atoms with Crippen LogP contribution in [0.5, 0.6) is 11.5 Å². The van der Waals surface area contributed by atoms with E-state index < -0.39 is 24.1 Å². The molecule has 0 fully saturated rings. The van der Waals surface area contributed by atoms with Crippen molar-refractivity contribution in [1.29, 1.82) is 0 Å². The van der Waals surface area contributed by atoms with Crippen LogP contribution in [0.3, 0.4) is 0 Å². The van der Waals surface area contributed by atoms with Gasteiger partial charge in [0.2, 0.25) is 0 Å². The fourth-order valence-electron chi connectivity index (χ4n) is 5.38. The number of hydrogen-bond acceptors (Lipinski definition) is 7. The summed E-state index contributed by atoms with van der Waals surface area (Å²) >= 11 is 0. The molecule has 0 amide bonds. The van der Waals surface area contributed by atoms with Gasteiger partial charge in [-0.2, -0.15) is 0 Å². The molecule has 252 valence electrons. The molecular weight excluding hydrogens is 568 g/mol. The maximum atomic E-state index is 13.4. The molecule has 45 heavy (non-hydrogen) atoms. The lowest BCUT2D eigenvalue weighted by Gasteiger charge is -2.30. The Morgan fingerprint density at radius 3 is 1.00 bits per heavy atom. The maximum absolute atomic E-state index is 13.4. The average Bonchev–Trinajstić information content (AvgIpc) is 2.87. The first-order valence-electron chi connectivity index (χ1n) is 16.1. The van der Waals surface area contributed by atoms with E-state index in [1.54, 1.807) is 13.8 Å². The topological polar surface area (TPSA) is 102 Å². The van der Waals surface area contributed by atoms with Gasteiger partial charge < -0.3 is 24.4 Å². The lowest BCUT2D eigenvalue weighted by Crippen LogP contribution is -2.39. The van der Waals surface area contributed by atoms with Crippen LogP contribution in [0.4, 0.5) is 0 Å². The van der Waals surface area contributed by atoms with E-state index in [9.17, 15) is 19.8 Å². The van der Waals surface area contributed by atoms with E-state index in [2.05, 4.69) is 0 Å². The van der Waals surface area contributed by atoms with Gasteiger partial charge in [0.1, 0.15) is 11.5 Å². The quantitative estimate of drug-likeness (QED) is 0.258. The number of rotatable bonds is 10. The van der Waals surface area contributed by atoms with Crippen molar-refractivity contribution in [2.75, 3.05) is 13.2 Å². The van der Waals surface area contributed by atoms with Crippen molar-refractivity contribution in [3.05, 3.63) is 57.6 Å². The molecule has 0 aliphatic carbocycles. The van der Waals surface area contributed by atoms with Crippen LogP contribution in [0.25, 0.3) is 0 Å². The van der Waals surface area contributed by atoms with E-state index >= 15 is 0 Å². The number of carbonyl (C=O) groups excluding carboxylic acids is 2. The molecule has 0 heterocycles. The van der Waals surface area contributed by atoms with Gasteiger partial charge in [0.15, 0.2) is 12.2 Å². The molecule has 0 aliphatic rings. The predicted molar refractivity (Wildman–Crippen MR) is 180 cm³/mol. The number of carbonyl (C=O) groups is 2. The van der Waals surface area contributed by atoms with Gasteiger partial charge >= 0.3 is 11.9 Å². The first-order chi connectivity index (χ1) is 20.4. The molecule has 2 unspecified atom stereocenters. The second kappa shape index (κ2) is 14.1. The van der Waals surface area contributed by atoms with Gasteiger partial charge in [-0.3, -0.25) is 0 Å². The van der Waals surface area contributed by atoms with E-state index in [0.29, 0.717) is 0 Å². The molecule has 0 bridgehead atoms. The SMILES string of the molecule is CCOC(=O)C(Cc1cc(C(C)(C)C)c(O)c(C(C)(C)C)c1)OC(Cc1cc(C(C)(C)C)c(O)c(C(C)(C)C)c1)C(=O)OCC. The van der Waals surface area contributed by atoms with E-state index in [4.69, 9.17) is 14.2 Å². The third kappa shape index (κ3) is 9.96. The summed E-state index contributed by atoms with van der Waals surface area (Å²) in [4.78, 5) is 26.8. The fraction of sp³-hybridized carbons (Fsp3) is 0.632. The van der Waals surface area contributed by atoms with E-state index in [-0.39, 0.29) is 59.2 Å². The molecule has 7 nitrogen and oxygen atoms in total. The normalized spacial score (nSPS) is 14.2. The third-order valence-electron chi connectivity index (χ3n) is 7.84. The minimum atomic E-state index is -1.11. The Labute approximate surface area is 271 Å². The molecule has 0 saturated heterocycles. The highest BCUT2D eigenvalue weighted by Crippen LogP contribution is 2.41. The smallest absolute Gasteiger partial charge is 0.335 e. The Balaban J connectivity index is 2.68. The molecule has 2 aromatic carbocycles. The van der Waals surface area contributed by atoms with Crippen LogP contribution in [-0.4, -0.2) is 47.6 Å². The summed E-state index contributed by atoms with van der Waals surface area (Å²) in [5, 5.41) is 22.5. The standard InChI is InChI=1S/C38H58O7/c1-15-43-33(41)29(21-23-17-25(35(3,4)5)31(39)26(18-23)36(6,7)8)45-30(34(42)44-16-2)22-24-19-27(37(9,10)11)32(40)28(20-24)38(12,13)14/h17-20,29-30,39-40H,15-16,21-22H2,1-14H3. The van der Waals surface area contributed by atoms with Crippen LogP contribution in [0.1, 0.15) is 130 Å². The van der Waals surface area contributed by atoms with Gasteiger partial charge in [-0.1, -0.05) is 107 Å². The van der Waals surface area contributed by atoms with Crippen molar-refractivity contribution in [2.45, 2.75) is 144 Å². The van der Waals surface area contributed by atoms with Crippen molar-refractivity contribution in [3.8, 4) is 11.5 Å². The van der Waals surface area contributed by atoms with E-state index in [1.165, 1.54) is 0 Å². The monoisotopic (exact) mass is 626 g/mol.